The summed E-state index contributed by atoms with van der Waals surface area (Å²) < 4.78 is 0. The van der Waals surface area contributed by atoms with Crippen LogP contribution in [-0.4, -0.2) is 37.0 Å². The Hall–Kier alpha value is -1.39. The lowest BCUT2D eigenvalue weighted by molar-refractivity contribution is -0.123. The maximum Gasteiger partial charge on any atom is 0.234 e. The second-order valence-corrected chi connectivity index (χ2v) is 4.56. The first-order valence-electron chi connectivity index (χ1n) is 6.01. The fourth-order valence-electron chi connectivity index (χ4n) is 2.01. The van der Waals surface area contributed by atoms with Crippen LogP contribution < -0.4 is 11.1 Å². The number of carbonyl (C=O) groups excluding carboxylic acids is 1. The predicted octanol–water partition coefficient (Wildman–Crippen LogP) is 0.193. The summed E-state index contributed by atoms with van der Waals surface area (Å²) >= 11 is 0. The molecule has 1 aliphatic rings. The summed E-state index contributed by atoms with van der Waals surface area (Å²) in [6.07, 6.45) is 0. The first kappa shape index (κ1) is 12.1. The second-order valence-electron chi connectivity index (χ2n) is 4.56. The molecule has 0 saturated carbocycles. The summed E-state index contributed by atoms with van der Waals surface area (Å²) in [5.74, 6) is 0.668. The van der Waals surface area contributed by atoms with E-state index in [4.69, 9.17) is 5.73 Å². The van der Waals surface area contributed by atoms with Gasteiger partial charge in [0.1, 0.15) is 0 Å². The van der Waals surface area contributed by atoms with E-state index in [0.717, 1.165) is 25.2 Å². The molecule has 1 aliphatic heterocycles. The first-order valence-corrected chi connectivity index (χ1v) is 6.01. The van der Waals surface area contributed by atoms with E-state index < -0.39 is 0 Å². The van der Waals surface area contributed by atoms with E-state index in [2.05, 4.69) is 10.2 Å². The molecular formula is C13H19N3O. The molecule has 0 radical (unpaired) electrons. The fraction of sp³-hybridized carbons (Fsp3) is 0.462. The second kappa shape index (κ2) is 5.80. The van der Waals surface area contributed by atoms with Crippen LogP contribution in [0, 0.1) is 5.92 Å². The van der Waals surface area contributed by atoms with E-state index in [9.17, 15) is 4.79 Å². The number of likely N-dealkylation sites (tertiary alicyclic amines) is 1. The van der Waals surface area contributed by atoms with E-state index in [1.807, 2.05) is 30.3 Å². The number of nitrogens with one attached hydrogen (secondary N) is 1. The average molecular weight is 233 g/mol. The van der Waals surface area contributed by atoms with Crippen LogP contribution in [-0.2, 0) is 11.3 Å². The van der Waals surface area contributed by atoms with Crippen LogP contribution in [0.3, 0.4) is 0 Å². The smallest absolute Gasteiger partial charge is 0.234 e. The van der Waals surface area contributed by atoms with Gasteiger partial charge in [-0.2, -0.15) is 0 Å². The first-order chi connectivity index (χ1) is 8.28. The van der Waals surface area contributed by atoms with Crippen molar-refractivity contribution in [3.8, 4) is 0 Å². The molecular weight excluding hydrogens is 214 g/mol. The van der Waals surface area contributed by atoms with Gasteiger partial charge in [-0.1, -0.05) is 30.3 Å². The molecule has 17 heavy (non-hydrogen) atoms. The molecule has 0 unspecified atom stereocenters. The topological polar surface area (TPSA) is 58.4 Å². The van der Waals surface area contributed by atoms with Gasteiger partial charge in [0, 0.05) is 19.6 Å². The Balaban J connectivity index is 1.65. The number of nitrogens with two attached hydrogens (primary N) is 1. The summed E-state index contributed by atoms with van der Waals surface area (Å²) in [4.78, 5) is 13.8. The third-order valence-electron chi connectivity index (χ3n) is 3.07. The molecule has 0 aliphatic carbocycles. The zero-order valence-electron chi connectivity index (χ0n) is 9.93. The highest BCUT2D eigenvalue weighted by molar-refractivity contribution is 5.78. The SMILES string of the molecule is NCC1CN(CC(=O)NCc2ccccc2)C1. The Morgan fingerprint density at radius 2 is 2.06 bits per heavy atom. The fourth-order valence-corrected chi connectivity index (χ4v) is 2.01. The highest BCUT2D eigenvalue weighted by Crippen LogP contribution is 2.12. The van der Waals surface area contributed by atoms with E-state index in [1.54, 1.807) is 0 Å². The lowest BCUT2D eigenvalue weighted by Gasteiger charge is -2.37. The summed E-state index contributed by atoms with van der Waals surface area (Å²) in [6.45, 7) is 3.73. The van der Waals surface area contributed by atoms with Gasteiger partial charge in [-0.15, -0.1) is 0 Å². The van der Waals surface area contributed by atoms with Crippen molar-refractivity contribution in [2.75, 3.05) is 26.2 Å². The van der Waals surface area contributed by atoms with Crippen molar-refractivity contribution in [1.29, 1.82) is 0 Å². The van der Waals surface area contributed by atoms with Gasteiger partial charge < -0.3 is 11.1 Å². The van der Waals surface area contributed by atoms with Crippen LogP contribution in [0.2, 0.25) is 0 Å². The van der Waals surface area contributed by atoms with Crippen molar-refractivity contribution in [3.05, 3.63) is 35.9 Å². The molecule has 0 bridgehead atoms. The molecule has 1 aromatic carbocycles. The summed E-state index contributed by atoms with van der Waals surface area (Å²) in [5.41, 5.74) is 6.66. The minimum Gasteiger partial charge on any atom is -0.351 e. The molecule has 4 nitrogen and oxygen atoms in total. The third kappa shape index (κ3) is 3.54. The van der Waals surface area contributed by atoms with Crippen LogP contribution in [0.25, 0.3) is 0 Å². The largest absolute Gasteiger partial charge is 0.351 e. The maximum atomic E-state index is 11.6. The van der Waals surface area contributed by atoms with E-state index in [-0.39, 0.29) is 5.91 Å². The maximum absolute atomic E-state index is 11.6. The Kier molecular flexibility index (Phi) is 4.12. The molecule has 0 spiro atoms. The quantitative estimate of drug-likeness (QED) is 0.763. The normalized spacial score (nSPS) is 16.5. The van der Waals surface area contributed by atoms with Crippen molar-refractivity contribution < 1.29 is 4.79 Å². The zero-order chi connectivity index (χ0) is 12.1. The van der Waals surface area contributed by atoms with E-state index in [0.29, 0.717) is 19.0 Å². The van der Waals surface area contributed by atoms with Crippen molar-refractivity contribution in [2.24, 2.45) is 11.7 Å². The highest BCUT2D eigenvalue weighted by Gasteiger charge is 2.26. The number of benzene rings is 1. The molecule has 1 fully saturated rings. The van der Waals surface area contributed by atoms with Gasteiger partial charge in [-0.3, -0.25) is 9.69 Å². The predicted molar refractivity (Wildman–Crippen MR) is 67.3 cm³/mol. The number of rotatable bonds is 5. The molecule has 0 atom stereocenters. The molecule has 1 saturated heterocycles. The monoisotopic (exact) mass is 233 g/mol. The van der Waals surface area contributed by atoms with Crippen LogP contribution >= 0.6 is 0 Å². The van der Waals surface area contributed by atoms with Gasteiger partial charge in [-0.05, 0) is 18.0 Å². The zero-order valence-corrected chi connectivity index (χ0v) is 9.93. The number of hydrogen-bond donors (Lipinski definition) is 2. The molecule has 3 N–H and O–H groups in total. The molecule has 1 heterocycles. The van der Waals surface area contributed by atoms with Gasteiger partial charge in [0.05, 0.1) is 6.54 Å². The highest BCUT2D eigenvalue weighted by atomic mass is 16.2. The minimum absolute atomic E-state index is 0.0873. The Morgan fingerprint density at radius 1 is 1.35 bits per heavy atom. The van der Waals surface area contributed by atoms with Crippen LogP contribution in [0.5, 0.6) is 0 Å². The molecule has 1 aromatic rings. The lowest BCUT2D eigenvalue weighted by Crippen LogP contribution is -2.53. The summed E-state index contributed by atoms with van der Waals surface area (Å²) in [7, 11) is 0. The standard InChI is InChI=1S/C13H19N3O/c14-6-12-8-16(9-12)10-13(17)15-7-11-4-2-1-3-5-11/h1-5,12H,6-10,14H2,(H,15,17). The Morgan fingerprint density at radius 3 is 2.71 bits per heavy atom. The molecule has 2 rings (SSSR count). The van der Waals surface area contributed by atoms with Gasteiger partial charge >= 0.3 is 0 Å². The third-order valence-corrected chi connectivity index (χ3v) is 3.07. The summed E-state index contributed by atoms with van der Waals surface area (Å²) in [5, 5.41) is 2.92. The molecule has 4 heteroatoms. The van der Waals surface area contributed by atoms with Gasteiger partial charge in [0.25, 0.3) is 0 Å². The van der Waals surface area contributed by atoms with Crippen LogP contribution in [0.1, 0.15) is 5.56 Å². The number of hydrogen-bond acceptors (Lipinski definition) is 3. The molecule has 0 aromatic heterocycles. The Bertz CT molecular complexity index is 360. The van der Waals surface area contributed by atoms with Gasteiger partial charge in [-0.25, -0.2) is 0 Å². The number of carbonyl (C=O) groups is 1. The van der Waals surface area contributed by atoms with Crippen molar-refractivity contribution >= 4 is 5.91 Å². The van der Waals surface area contributed by atoms with E-state index >= 15 is 0 Å². The number of amides is 1. The van der Waals surface area contributed by atoms with Gasteiger partial charge in [0.15, 0.2) is 0 Å². The average Bonchev–Trinajstić information content (AvgIpc) is 2.32. The Labute approximate surface area is 102 Å². The number of nitrogens with zero attached hydrogens (tertiary/aromatic N) is 1. The van der Waals surface area contributed by atoms with Crippen LogP contribution in [0.4, 0.5) is 0 Å². The van der Waals surface area contributed by atoms with Crippen molar-refractivity contribution in [2.45, 2.75) is 6.54 Å². The minimum atomic E-state index is 0.0873. The van der Waals surface area contributed by atoms with Crippen molar-refractivity contribution in [3.63, 3.8) is 0 Å². The van der Waals surface area contributed by atoms with Gasteiger partial charge in [0.2, 0.25) is 5.91 Å². The summed E-state index contributed by atoms with van der Waals surface area (Å²) in [6, 6.07) is 9.94. The molecule has 92 valence electrons. The van der Waals surface area contributed by atoms with Crippen LogP contribution in [0.15, 0.2) is 30.3 Å². The molecule has 1 amide bonds. The lowest BCUT2D eigenvalue weighted by atomic mass is 10.0. The van der Waals surface area contributed by atoms with E-state index in [1.165, 1.54) is 0 Å². The van der Waals surface area contributed by atoms with Crippen molar-refractivity contribution in [1.82, 2.24) is 10.2 Å².